The molecule has 0 aliphatic heterocycles. The van der Waals surface area contributed by atoms with E-state index in [0.717, 1.165) is 30.5 Å². The first kappa shape index (κ1) is 15.5. The topological polar surface area (TPSA) is 42.0 Å². The molecule has 3 aromatic rings. The first-order chi connectivity index (χ1) is 10.7. The van der Waals surface area contributed by atoms with Gasteiger partial charge >= 0.3 is 0 Å². The Balaban J connectivity index is 1.84. The highest BCUT2D eigenvalue weighted by Gasteiger charge is 2.11. The van der Waals surface area contributed by atoms with Crippen LogP contribution in [-0.2, 0) is 0 Å². The first-order valence-corrected chi connectivity index (χ1v) is 9.36. The highest BCUT2D eigenvalue weighted by molar-refractivity contribution is 9.10. The van der Waals surface area contributed by atoms with Gasteiger partial charge in [-0.15, -0.1) is 11.3 Å². The summed E-state index contributed by atoms with van der Waals surface area (Å²) in [7, 11) is 0. The molecular formula is C16H13BrN2OS2. The molecule has 3 nitrogen and oxygen atoms in total. The van der Waals surface area contributed by atoms with Crippen LogP contribution >= 0.6 is 39.0 Å². The second-order valence-corrected chi connectivity index (χ2v) is 7.93. The van der Waals surface area contributed by atoms with E-state index in [4.69, 9.17) is 0 Å². The fourth-order valence-corrected chi connectivity index (χ4v) is 4.48. The van der Waals surface area contributed by atoms with Crippen LogP contribution in [0.15, 0.2) is 51.3 Å². The average molecular weight is 393 g/mol. The van der Waals surface area contributed by atoms with Crippen LogP contribution in [0.2, 0.25) is 0 Å². The number of benzene rings is 2. The smallest absolute Gasteiger partial charge is 0.256 e. The van der Waals surface area contributed by atoms with Crippen molar-refractivity contribution in [1.29, 1.82) is 0 Å². The van der Waals surface area contributed by atoms with Crippen LogP contribution in [0.25, 0.3) is 10.2 Å². The fraction of sp³-hybridized carbons (Fsp3) is 0.125. The lowest BCUT2D eigenvalue weighted by molar-refractivity contribution is 0.102. The van der Waals surface area contributed by atoms with Crippen molar-refractivity contribution in [3.63, 3.8) is 0 Å². The molecule has 0 unspecified atom stereocenters. The maximum atomic E-state index is 12.3. The summed E-state index contributed by atoms with van der Waals surface area (Å²) >= 11 is 6.79. The molecule has 6 heteroatoms. The van der Waals surface area contributed by atoms with E-state index < -0.39 is 0 Å². The number of anilines is 1. The number of nitrogens with zero attached hydrogens (tertiary/aromatic N) is 1. The van der Waals surface area contributed by atoms with Crippen LogP contribution in [0.4, 0.5) is 5.69 Å². The lowest BCUT2D eigenvalue weighted by Crippen LogP contribution is -2.12. The predicted molar refractivity (Wildman–Crippen MR) is 98.1 cm³/mol. The van der Waals surface area contributed by atoms with Crippen molar-refractivity contribution in [3.8, 4) is 0 Å². The summed E-state index contributed by atoms with van der Waals surface area (Å²) in [5.74, 6) is 0.880. The summed E-state index contributed by atoms with van der Waals surface area (Å²) in [6.45, 7) is 2.11. The summed E-state index contributed by atoms with van der Waals surface area (Å²) in [4.78, 5) is 16.9. The Morgan fingerprint density at radius 2 is 2.14 bits per heavy atom. The monoisotopic (exact) mass is 392 g/mol. The molecule has 2 aromatic carbocycles. The molecule has 0 aliphatic rings. The van der Waals surface area contributed by atoms with Crippen molar-refractivity contribution in [2.75, 3.05) is 11.1 Å². The second-order valence-electron chi connectivity index (χ2n) is 4.53. The minimum atomic E-state index is -0.125. The first-order valence-electron chi connectivity index (χ1n) is 6.76. The SMILES string of the molecule is CCSc1nc2ccc(NC(=O)c3ccccc3Br)cc2s1. The Morgan fingerprint density at radius 1 is 1.32 bits per heavy atom. The third-order valence-corrected chi connectivity index (χ3v) is 5.75. The number of thiazole rings is 1. The van der Waals surface area contributed by atoms with Crippen molar-refractivity contribution in [1.82, 2.24) is 4.98 Å². The van der Waals surface area contributed by atoms with Crippen LogP contribution in [0.5, 0.6) is 0 Å². The molecule has 112 valence electrons. The Hall–Kier alpha value is -1.37. The molecule has 1 amide bonds. The molecular weight excluding hydrogens is 380 g/mol. The van der Waals surface area contributed by atoms with Crippen molar-refractivity contribution >= 4 is 60.8 Å². The molecule has 1 N–H and O–H groups in total. The largest absolute Gasteiger partial charge is 0.322 e. The molecule has 3 rings (SSSR count). The average Bonchev–Trinajstić information content (AvgIpc) is 2.89. The van der Waals surface area contributed by atoms with Gasteiger partial charge in [0.05, 0.1) is 15.8 Å². The number of halogens is 1. The zero-order chi connectivity index (χ0) is 15.5. The molecule has 0 spiro atoms. The highest BCUT2D eigenvalue weighted by Crippen LogP contribution is 2.31. The lowest BCUT2D eigenvalue weighted by atomic mass is 10.2. The van der Waals surface area contributed by atoms with E-state index in [1.807, 2.05) is 36.4 Å². The fourth-order valence-electron chi connectivity index (χ4n) is 2.01. The van der Waals surface area contributed by atoms with Gasteiger partial charge in [-0.25, -0.2) is 4.98 Å². The minimum absolute atomic E-state index is 0.125. The number of rotatable bonds is 4. The van der Waals surface area contributed by atoms with E-state index in [1.54, 1.807) is 29.2 Å². The summed E-state index contributed by atoms with van der Waals surface area (Å²) < 4.78 is 2.93. The van der Waals surface area contributed by atoms with E-state index in [9.17, 15) is 4.79 Å². The van der Waals surface area contributed by atoms with Gasteiger partial charge in [0.25, 0.3) is 5.91 Å². The number of hydrogen-bond acceptors (Lipinski definition) is 4. The van der Waals surface area contributed by atoms with Gasteiger partial charge in [0, 0.05) is 10.2 Å². The number of hydrogen-bond donors (Lipinski definition) is 1. The van der Waals surface area contributed by atoms with E-state index in [1.165, 1.54) is 0 Å². The predicted octanol–water partition coefficient (Wildman–Crippen LogP) is 5.42. The van der Waals surface area contributed by atoms with Gasteiger partial charge in [-0.1, -0.05) is 30.8 Å². The molecule has 0 radical (unpaired) electrons. The molecule has 0 saturated heterocycles. The second kappa shape index (κ2) is 6.81. The maximum Gasteiger partial charge on any atom is 0.256 e. The molecule has 0 bridgehead atoms. The van der Waals surface area contributed by atoms with Crippen LogP contribution in [0.1, 0.15) is 17.3 Å². The summed E-state index contributed by atoms with van der Waals surface area (Å²) in [5.41, 5.74) is 2.37. The standard InChI is InChI=1S/C16H13BrN2OS2/c1-2-21-16-19-13-8-7-10(9-14(13)22-16)18-15(20)11-5-3-4-6-12(11)17/h3-9H,2H2,1H3,(H,18,20). The number of fused-ring (bicyclic) bond motifs is 1. The zero-order valence-electron chi connectivity index (χ0n) is 11.8. The third-order valence-electron chi connectivity index (χ3n) is 3.01. The van der Waals surface area contributed by atoms with E-state index in [0.29, 0.717) is 5.56 Å². The minimum Gasteiger partial charge on any atom is -0.322 e. The highest BCUT2D eigenvalue weighted by atomic mass is 79.9. The van der Waals surface area contributed by atoms with Crippen molar-refractivity contribution in [2.45, 2.75) is 11.3 Å². The van der Waals surface area contributed by atoms with Crippen LogP contribution < -0.4 is 5.32 Å². The normalized spacial score (nSPS) is 10.8. The van der Waals surface area contributed by atoms with Gasteiger partial charge in [-0.3, -0.25) is 4.79 Å². The van der Waals surface area contributed by atoms with Gasteiger partial charge in [0.15, 0.2) is 4.34 Å². The van der Waals surface area contributed by atoms with Gasteiger partial charge < -0.3 is 5.32 Å². The Labute approximate surface area is 145 Å². The molecule has 0 saturated carbocycles. The molecule has 1 aromatic heterocycles. The van der Waals surface area contributed by atoms with Crippen molar-refractivity contribution < 1.29 is 4.79 Å². The van der Waals surface area contributed by atoms with Gasteiger partial charge in [-0.05, 0) is 52.0 Å². The van der Waals surface area contributed by atoms with Crippen LogP contribution in [0.3, 0.4) is 0 Å². The summed E-state index contributed by atoms with van der Waals surface area (Å²) in [5, 5.41) is 2.94. The molecule has 1 heterocycles. The summed E-state index contributed by atoms with van der Waals surface area (Å²) in [6, 6.07) is 13.2. The van der Waals surface area contributed by atoms with Crippen molar-refractivity contribution in [3.05, 3.63) is 52.5 Å². The lowest BCUT2D eigenvalue weighted by Gasteiger charge is -2.06. The Kier molecular flexibility index (Phi) is 4.81. The maximum absolute atomic E-state index is 12.3. The quantitative estimate of drug-likeness (QED) is 0.602. The van der Waals surface area contributed by atoms with Gasteiger partial charge in [0.1, 0.15) is 0 Å². The molecule has 22 heavy (non-hydrogen) atoms. The molecule has 0 aliphatic carbocycles. The number of aromatic nitrogens is 1. The van der Waals surface area contributed by atoms with Gasteiger partial charge in [-0.2, -0.15) is 0 Å². The van der Waals surface area contributed by atoms with Crippen molar-refractivity contribution in [2.24, 2.45) is 0 Å². The number of nitrogens with one attached hydrogen (secondary N) is 1. The molecule has 0 atom stereocenters. The Bertz CT molecular complexity index is 832. The Morgan fingerprint density at radius 3 is 2.91 bits per heavy atom. The van der Waals surface area contributed by atoms with Crippen LogP contribution in [0, 0.1) is 0 Å². The zero-order valence-corrected chi connectivity index (χ0v) is 15.0. The number of carbonyl (C=O) groups is 1. The van der Waals surface area contributed by atoms with E-state index >= 15 is 0 Å². The van der Waals surface area contributed by atoms with E-state index in [2.05, 4.69) is 33.2 Å². The van der Waals surface area contributed by atoms with E-state index in [-0.39, 0.29) is 5.91 Å². The number of thioether (sulfide) groups is 1. The van der Waals surface area contributed by atoms with Crippen LogP contribution in [-0.4, -0.2) is 16.6 Å². The third kappa shape index (κ3) is 3.34. The summed E-state index contributed by atoms with van der Waals surface area (Å²) in [6.07, 6.45) is 0. The number of carbonyl (C=O) groups excluding carboxylic acids is 1. The van der Waals surface area contributed by atoms with Gasteiger partial charge in [0.2, 0.25) is 0 Å². The molecule has 0 fully saturated rings. The number of amides is 1.